The molecule has 0 radical (unpaired) electrons. The molecule has 0 aliphatic carbocycles. The van der Waals surface area contributed by atoms with Crippen molar-refractivity contribution in [2.24, 2.45) is 5.92 Å². The molecule has 1 atom stereocenters. The van der Waals surface area contributed by atoms with E-state index in [0.717, 1.165) is 35.5 Å². The van der Waals surface area contributed by atoms with Crippen LogP contribution in [0.5, 0.6) is 0 Å². The van der Waals surface area contributed by atoms with Gasteiger partial charge in [0.25, 0.3) is 0 Å². The summed E-state index contributed by atoms with van der Waals surface area (Å²) in [5, 5.41) is 12.5. The molecule has 0 bridgehead atoms. The monoisotopic (exact) mass is 386 g/mol. The average Bonchev–Trinajstić information content (AvgIpc) is 3.24. The number of anilines is 2. The molecule has 1 aromatic heterocycles. The van der Waals surface area contributed by atoms with E-state index in [1.807, 2.05) is 32.0 Å². The molecule has 0 spiro atoms. The van der Waals surface area contributed by atoms with Gasteiger partial charge in [0, 0.05) is 25.1 Å². The molecular formula is C20H26N4O2S. The molecule has 3 rings (SSSR count). The molecule has 27 heavy (non-hydrogen) atoms. The molecule has 0 saturated carbocycles. The quantitative estimate of drug-likeness (QED) is 0.733. The van der Waals surface area contributed by atoms with Crippen LogP contribution in [0.4, 0.5) is 10.8 Å². The van der Waals surface area contributed by atoms with Gasteiger partial charge in [-0.15, -0.1) is 10.2 Å². The Bertz CT molecular complexity index is 833. The van der Waals surface area contributed by atoms with Gasteiger partial charge in [-0.2, -0.15) is 0 Å². The highest BCUT2D eigenvalue weighted by Gasteiger charge is 2.35. The molecule has 1 fully saturated rings. The Labute approximate surface area is 164 Å². The molecule has 1 aliphatic heterocycles. The van der Waals surface area contributed by atoms with Gasteiger partial charge in [0.05, 0.1) is 5.92 Å². The van der Waals surface area contributed by atoms with Crippen molar-refractivity contribution in [2.75, 3.05) is 16.8 Å². The van der Waals surface area contributed by atoms with E-state index in [1.165, 1.54) is 23.3 Å². The third-order valence-electron chi connectivity index (χ3n) is 4.99. The predicted molar refractivity (Wildman–Crippen MR) is 108 cm³/mol. The summed E-state index contributed by atoms with van der Waals surface area (Å²) in [6, 6.07) is 5.95. The van der Waals surface area contributed by atoms with Crippen molar-refractivity contribution in [1.82, 2.24) is 10.2 Å². The second-order valence-electron chi connectivity index (χ2n) is 7.12. The summed E-state index contributed by atoms with van der Waals surface area (Å²) in [6.45, 7) is 6.63. The first-order valence-electron chi connectivity index (χ1n) is 9.48. The van der Waals surface area contributed by atoms with Gasteiger partial charge in [0.2, 0.25) is 16.9 Å². The van der Waals surface area contributed by atoms with Gasteiger partial charge in [0.1, 0.15) is 5.01 Å². The molecule has 1 unspecified atom stereocenters. The van der Waals surface area contributed by atoms with Crippen LogP contribution < -0.4 is 10.2 Å². The third-order valence-corrected chi connectivity index (χ3v) is 5.89. The topological polar surface area (TPSA) is 75.2 Å². The van der Waals surface area contributed by atoms with Crippen molar-refractivity contribution in [3.63, 3.8) is 0 Å². The van der Waals surface area contributed by atoms with Crippen LogP contribution in [0.3, 0.4) is 0 Å². The highest BCUT2D eigenvalue weighted by atomic mass is 32.1. The Balaban J connectivity index is 1.59. The summed E-state index contributed by atoms with van der Waals surface area (Å²) in [5.74, 6) is -0.548. The van der Waals surface area contributed by atoms with E-state index in [2.05, 4.69) is 22.4 Å². The van der Waals surface area contributed by atoms with Gasteiger partial charge in [-0.3, -0.25) is 9.59 Å². The van der Waals surface area contributed by atoms with E-state index >= 15 is 0 Å². The fourth-order valence-electron chi connectivity index (χ4n) is 3.17. The predicted octanol–water partition coefficient (Wildman–Crippen LogP) is 3.88. The van der Waals surface area contributed by atoms with Gasteiger partial charge in [0.15, 0.2) is 0 Å². The fourth-order valence-corrected chi connectivity index (χ4v) is 3.95. The molecule has 2 amide bonds. The number of aryl methyl sites for hydroxylation is 3. The summed E-state index contributed by atoms with van der Waals surface area (Å²) in [7, 11) is 0. The minimum atomic E-state index is -0.369. The maximum atomic E-state index is 12.6. The van der Waals surface area contributed by atoms with E-state index in [1.54, 1.807) is 4.90 Å². The first kappa shape index (κ1) is 19.5. The molecular weight excluding hydrogens is 360 g/mol. The van der Waals surface area contributed by atoms with Crippen LogP contribution in [-0.2, 0) is 16.0 Å². The number of amides is 2. The Morgan fingerprint density at radius 1 is 1.26 bits per heavy atom. The van der Waals surface area contributed by atoms with Crippen molar-refractivity contribution in [3.8, 4) is 0 Å². The number of nitrogens with one attached hydrogen (secondary N) is 1. The lowest BCUT2D eigenvalue weighted by atomic mass is 10.1. The van der Waals surface area contributed by atoms with Gasteiger partial charge in [-0.1, -0.05) is 37.2 Å². The minimum absolute atomic E-state index is 0.0177. The van der Waals surface area contributed by atoms with Crippen LogP contribution in [0.15, 0.2) is 18.2 Å². The van der Waals surface area contributed by atoms with Crippen molar-refractivity contribution in [2.45, 2.75) is 52.9 Å². The van der Waals surface area contributed by atoms with Crippen LogP contribution in [0.1, 0.15) is 48.7 Å². The Morgan fingerprint density at radius 2 is 2.07 bits per heavy atom. The van der Waals surface area contributed by atoms with E-state index < -0.39 is 0 Å². The van der Waals surface area contributed by atoms with E-state index in [-0.39, 0.29) is 24.2 Å². The van der Waals surface area contributed by atoms with Crippen LogP contribution >= 0.6 is 11.3 Å². The summed E-state index contributed by atoms with van der Waals surface area (Å²) in [6.07, 6.45) is 4.53. The highest BCUT2D eigenvalue weighted by molar-refractivity contribution is 7.15. The zero-order valence-corrected chi connectivity index (χ0v) is 16.9. The second kappa shape index (κ2) is 8.61. The number of hydrogen-bond acceptors (Lipinski definition) is 5. The van der Waals surface area contributed by atoms with Crippen LogP contribution in [0.2, 0.25) is 0 Å². The summed E-state index contributed by atoms with van der Waals surface area (Å²) in [5.41, 5.74) is 3.18. The Kier molecular flexibility index (Phi) is 6.21. The van der Waals surface area contributed by atoms with Crippen molar-refractivity contribution in [3.05, 3.63) is 34.3 Å². The summed E-state index contributed by atoms with van der Waals surface area (Å²) >= 11 is 1.42. The van der Waals surface area contributed by atoms with Gasteiger partial charge < -0.3 is 10.2 Å². The number of nitrogens with zero attached hydrogens (tertiary/aromatic N) is 3. The lowest BCUT2D eigenvalue weighted by molar-refractivity contribution is -0.122. The van der Waals surface area contributed by atoms with Crippen LogP contribution in [-0.4, -0.2) is 28.6 Å². The lowest BCUT2D eigenvalue weighted by Crippen LogP contribution is -2.28. The third kappa shape index (κ3) is 4.71. The second-order valence-corrected chi connectivity index (χ2v) is 8.18. The molecule has 1 aromatic carbocycles. The molecule has 6 nitrogen and oxygen atoms in total. The standard InChI is InChI=1S/C20H26N4O2S/c1-4-5-6-7-17-22-23-20(27-17)21-19(26)15-11-18(25)24(12-15)16-9-8-13(2)14(3)10-16/h8-10,15H,4-7,11-12H2,1-3H3,(H,21,23,26). The maximum absolute atomic E-state index is 12.6. The number of hydrogen-bond donors (Lipinski definition) is 1. The largest absolute Gasteiger partial charge is 0.312 e. The number of rotatable bonds is 7. The van der Waals surface area contributed by atoms with E-state index in [9.17, 15) is 9.59 Å². The van der Waals surface area contributed by atoms with E-state index in [4.69, 9.17) is 0 Å². The summed E-state index contributed by atoms with van der Waals surface area (Å²) in [4.78, 5) is 26.7. The Morgan fingerprint density at radius 3 is 2.81 bits per heavy atom. The molecule has 1 N–H and O–H groups in total. The number of benzene rings is 1. The molecule has 144 valence electrons. The number of carbonyl (C=O) groups is 2. The molecule has 2 aromatic rings. The number of unbranched alkanes of at least 4 members (excludes halogenated alkanes) is 2. The SMILES string of the molecule is CCCCCc1nnc(NC(=O)C2CC(=O)N(c3ccc(C)c(C)c3)C2)s1. The zero-order valence-electron chi connectivity index (χ0n) is 16.1. The highest BCUT2D eigenvalue weighted by Crippen LogP contribution is 2.28. The summed E-state index contributed by atoms with van der Waals surface area (Å²) < 4.78 is 0. The van der Waals surface area contributed by atoms with E-state index in [0.29, 0.717) is 11.7 Å². The molecule has 7 heteroatoms. The van der Waals surface area contributed by atoms with Gasteiger partial charge >= 0.3 is 0 Å². The lowest BCUT2D eigenvalue weighted by Gasteiger charge is -2.17. The maximum Gasteiger partial charge on any atom is 0.231 e. The minimum Gasteiger partial charge on any atom is -0.312 e. The molecule has 2 heterocycles. The smallest absolute Gasteiger partial charge is 0.231 e. The van der Waals surface area contributed by atoms with Crippen molar-refractivity contribution < 1.29 is 9.59 Å². The van der Waals surface area contributed by atoms with Crippen LogP contribution in [0.25, 0.3) is 0 Å². The molecule has 1 saturated heterocycles. The van der Waals surface area contributed by atoms with Crippen molar-refractivity contribution in [1.29, 1.82) is 0 Å². The number of carbonyl (C=O) groups excluding carboxylic acids is 2. The fraction of sp³-hybridized carbons (Fsp3) is 0.500. The normalized spacial score (nSPS) is 16.8. The average molecular weight is 387 g/mol. The van der Waals surface area contributed by atoms with Gasteiger partial charge in [-0.25, -0.2) is 0 Å². The van der Waals surface area contributed by atoms with Crippen molar-refractivity contribution >= 4 is 34.0 Å². The molecule has 1 aliphatic rings. The first-order chi connectivity index (χ1) is 13.0. The van der Waals surface area contributed by atoms with Gasteiger partial charge in [-0.05, 0) is 43.5 Å². The Hall–Kier alpha value is -2.28. The zero-order chi connectivity index (χ0) is 19.4. The first-order valence-corrected chi connectivity index (χ1v) is 10.3. The number of aromatic nitrogens is 2. The van der Waals surface area contributed by atoms with Crippen LogP contribution in [0, 0.1) is 19.8 Å².